The maximum atomic E-state index is 12.7. The van der Waals surface area contributed by atoms with E-state index < -0.39 is 17.6 Å². The average molecular weight is 332 g/mol. The zero-order chi connectivity index (χ0) is 17.3. The molecule has 122 valence electrons. The summed E-state index contributed by atoms with van der Waals surface area (Å²) in [5.41, 5.74) is -0.862. The lowest BCUT2D eigenvalue weighted by Crippen LogP contribution is -2.21. The Morgan fingerprint density at radius 2 is 1.79 bits per heavy atom. The Labute approximate surface area is 134 Å². The van der Waals surface area contributed by atoms with Gasteiger partial charge in [-0.15, -0.1) is 0 Å². The van der Waals surface area contributed by atoms with E-state index in [1.165, 1.54) is 18.2 Å². The second kappa shape index (κ2) is 5.84. The van der Waals surface area contributed by atoms with Gasteiger partial charge < -0.3 is 9.73 Å². The molecule has 24 heavy (non-hydrogen) atoms. The van der Waals surface area contributed by atoms with Crippen LogP contribution in [0.15, 0.2) is 59.0 Å². The highest BCUT2D eigenvalue weighted by atomic mass is 19.4. The van der Waals surface area contributed by atoms with E-state index in [0.717, 1.165) is 12.1 Å². The van der Waals surface area contributed by atoms with E-state index in [2.05, 4.69) is 5.32 Å². The minimum absolute atomic E-state index is 0.0117. The first-order chi connectivity index (χ1) is 11.3. The smallest absolute Gasteiger partial charge is 0.416 e. The third kappa shape index (κ3) is 3.15. The van der Waals surface area contributed by atoms with Crippen LogP contribution in [0.5, 0.6) is 0 Å². The highest BCUT2D eigenvalue weighted by Crippen LogP contribution is 2.30. The van der Waals surface area contributed by atoms with Crippen LogP contribution in [0, 0.1) is 5.41 Å². The predicted octanol–water partition coefficient (Wildman–Crippen LogP) is 4.18. The van der Waals surface area contributed by atoms with Crippen molar-refractivity contribution in [2.24, 2.45) is 0 Å². The Morgan fingerprint density at radius 3 is 2.54 bits per heavy atom. The summed E-state index contributed by atoms with van der Waals surface area (Å²) in [7, 11) is 0. The van der Waals surface area contributed by atoms with Crippen molar-refractivity contribution in [3.8, 4) is 0 Å². The van der Waals surface area contributed by atoms with E-state index >= 15 is 0 Å². The molecule has 0 aliphatic heterocycles. The molecule has 0 atom stereocenters. The molecule has 4 nitrogen and oxygen atoms in total. The number of hydrogen-bond donors (Lipinski definition) is 2. The van der Waals surface area contributed by atoms with Gasteiger partial charge in [-0.25, -0.2) is 0 Å². The van der Waals surface area contributed by atoms with Gasteiger partial charge in [-0.1, -0.05) is 24.3 Å². The molecule has 0 fully saturated rings. The molecular formula is C17H11F3N2O2. The number of alkyl halides is 3. The van der Waals surface area contributed by atoms with Crippen molar-refractivity contribution >= 4 is 22.6 Å². The van der Waals surface area contributed by atoms with E-state index in [1.54, 1.807) is 24.3 Å². The van der Waals surface area contributed by atoms with Crippen LogP contribution in [-0.2, 0) is 6.18 Å². The number of anilines is 1. The first-order valence-corrected chi connectivity index (χ1v) is 6.91. The highest BCUT2D eigenvalue weighted by Gasteiger charge is 2.30. The lowest BCUT2D eigenvalue weighted by Gasteiger charge is -2.10. The summed E-state index contributed by atoms with van der Waals surface area (Å²) in [6.07, 6.45) is -4.50. The highest BCUT2D eigenvalue weighted by molar-refractivity contribution is 6.05. The van der Waals surface area contributed by atoms with Gasteiger partial charge in [0.25, 0.3) is 5.91 Å². The second-order valence-corrected chi connectivity index (χ2v) is 5.06. The maximum absolute atomic E-state index is 12.7. The molecule has 2 N–H and O–H groups in total. The fourth-order valence-electron chi connectivity index (χ4n) is 2.22. The molecule has 2 aromatic carbocycles. The number of para-hydroxylation sites is 1. The van der Waals surface area contributed by atoms with Crippen molar-refractivity contribution in [1.29, 1.82) is 5.41 Å². The number of hydrogen-bond acceptors (Lipinski definition) is 3. The number of carbonyl (C=O) groups is 1. The van der Waals surface area contributed by atoms with Crippen LogP contribution < -0.4 is 10.9 Å². The van der Waals surface area contributed by atoms with Crippen LogP contribution in [0.1, 0.15) is 15.9 Å². The van der Waals surface area contributed by atoms with Crippen molar-refractivity contribution in [3.63, 3.8) is 0 Å². The summed E-state index contributed by atoms with van der Waals surface area (Å²) in [4.78, 5) is 12.3. The van der Waals surface area contributed by atoms with Crippen molar-refractivity contribution in [1.82, 2.24) is 0 Å². The summed E-state index contributed by atoms with van der Waals surface area (Å²) in [5, 5.41) is 10.8. The molecular weight excluding hydrogens is 321 g/mol. The lowest BCUT2D eigenvalue weighted by atomic mass is 10.1. The van der Waals surface area contributed by atoms with Crippen LogP contribution >= 0.6 is 0 Å². The van der Waals surface area contributed by atoms with Gasteiger partial charge in [0.2, 0.25) is 5.55 Å². The van der Waals surface area contributed by atoms with Gasteiger partial charge in [0.1, 0.15) is 11.1 Å². The number of carbonyl (C=O) groups excluding carboxylic acids is 1. The van der Waals surface area contributed by atoms with Crippen molar-refractivity contribution in [2.45, 2.75) is 6.18 Å². The maximum Gasteiger partial charge on any atom is 0.416 e. The Hall–Kier alpha value is -3.09. The molecule has 3 rings (SSSR count). The van der Waals surface area contributed by atoms with Crippen LogP contribution in [0.2, 0.25) is 0 Å². The first-order valence-electron chi connectivity index (χ1n) is 6.91. The second-order valence-electron chi connectivity index (χ2n) is 5.06. The van der Waals surface area contributed by atoms with E-state index in [9.17, 15) is 18.0 Å². The van der Waals surface area contributed by atoms with Gasteiger partial charge in [-0.05, 0) is 30.3 Å². The van der Waals surface area contributed by atoms with E-state index in [-0.39, 0.29) is 16.8 Å². The monoisotopic (exact) mass is 332 g/mol. The molecule has 1 amide bonds. The third-order valence-corrected chi connectivity index (χ3v) is 3.37. The number of rotatable bonds is 2. The van der Waals surface area contributed by atoms with Gasteiger partial charge in [-0.2, -0.15) is 13.2 Å². The van der Waals surface area contributed by atoms with Crippen molar-refractivity contribution in [2.75, 3.05) is 5.32 Å². The van der Waals surface area contributed by atoms with Gasteiger partial charge in [-0.3, -0.25) is 10.2 Å². The quantitative estimate of drug-likeness (QED) is 0.739. The van der Waals surface area contributed by atoms with Crippen LogP contribution in [0.4, 0.5) is 18.9 Å². The Kier molecular flexibility index (Phi) is 3.84. The molecule has 0 radical (unpaired) electrons. The molecule has 0 aliphatic rings. The summed E-state index contributed by atoms with van der Waals surface area (Å²) in [6, 6.07) is 12.6. The average Bonchev–Trinajstić information content (AvgIpc) is 2.53. The summed E-state index contributed by atoms with van der Waals surface area (Å²) >= 11 is 0. The molecule has 3 aromatic rings. The van der Waals surface area contributed by atoms with E-state index in [4.69, 9.17) is 9.83 Å². The fraction of sp³-hybridized carbons (Fsp3) is 0.0588. The summed E-state index contributed by atoms with van der Waals surface area (Å²) in [6.45, 7) is 0. The minimum atomic E-state index is -4.50. The number of halogens is 3. The number of nitrogens with one attached hydrogen (secondary N) is 2. The molecule has 7 heteroatoms. The Bertz CT molecular complexity index is 977. The fourth-order valence-corrected chi connectivity index (χ4v) is 2.22. The largest absolute Gasteiger partial charge is 0.438 e. The number of amides is 1. The molecule has 0 spiro atoms. The first kappa shape index (κ1) is 15.8. The van der Waals surface area contributed by atoms with Crippen LogP contribution in [0.3, 0.4) is 0 Å². The Morgan fingerprint density at radius 1 is 1.04 bits per heavy atom. The Balaban J connectivity index is 1.93. The molecule has 0 bridgehead atoms. The molecule has 0 aliphatic carbocycles. The molecule has 1 aromatic heterocycles. The molecule has 0 unspecified atom stereocenters. The van der Waals surface area contributed by atoms with Crippen LogP contribution in [0.25, 0.3) is 11.0 Å². The van der Waals surface area contributed by atoms with E-state index in [1.807, 2.05) is 0 Å². The molecule has 1 heterocycles. The zero-order valence-electron chi connectivity index (χ0n) is 12.1. The third-order valence-electron chi connectivity index (χ3n) is 3.37. The van der Waals surface area contributed by atoms with Crippen molar-refractivity contribution < 1.29 is 22.4 Å². The SMILES string of the molecule is N=c1oc2ccccc2cc1C(=O)Nc1cccc(C(F)(F)F)c1. The minimum Gasteiger partial charge on any atom is -0.438 e. The van der Waals surface area contributed by atoms with E-state index in [0.29, 0.717) is 11.0 Å². The van der Waals surface area contributed by atoms with Gasteiger partial charge in [0, 0.05) is 11.1 Å². The lowest BCUT2D eigenvalue weighted by molar-refractivity contribution is -0.137. The molecule has 0 saturated carbocycles. The normalized spacial score (nSPS) is 11.5. The molecule has 0 saturated heterocycles. The standard InChI is InChI=1S/C17H11F3N2O2/c18-17(19,20)11-5-3-6-12(9-11)22-16(23)13-8-10-4-1-2-7-14(10)24-15(13)21/h1-9,21H,(H,22,23). The number of fused-ring (bicyclic) bond motifs is 1. The zero-order valence-corrected chi connectivity index (χ0v) is 12.1. The predicted molar refractivity (Wildman–Crippen MR) is 81.5 cm³/mol. The summed E-state index contributed by atoms with van der Waals surface area (Å²) < 4.78 is 43.4. The number of benzene rings is 2. The van der Waals surface area contributed by atoms with Crippen molar-refractivity contribution in [3.05, 3.63) is 71.3 Å². The van der Waals surface area contributed by atoms with Gasteiger partial charge in [0.15, 0.2) is 0 Å². The van der Waals surface area contributed by atoms with Gasteiger partial charge in [0.05, 0.1) is 5.56 Å². The topological polar surface area (TPSA) is 66.1 Å². The summed E-state index contributed by atoms with van der Waals surface area (Å²) in [5.74, 6) is -0.714. The van der Waals surface area contributed by atoms with Gasteiger partial charge >= 0.3 is 6.18 Å². The van der Waals surface area contributed by atoms with Crippen LogP contribution in [-0.4, -0.2) is 5.91 Å².